The largest absolute Gasteiger partial charge is 0.462 e. The number of allylic oxidation sites excluding steroid dienone is 4. The molecule has 0 amide bonds. The summed E-state index contributed by atoms with van der Waals surface area (Å²) in [6.07, 6.45) is 8.97. The van der Waals surface area contributed by atoms with Crippen LogP contribution >= 0.6 is 11.6 Å². The predicted octanol–water partition coefficient (Wildman–Crippen LogP) is 3.97. The third-order valence-corrected chi connectivity index (χ3v) is 2.18. The smallest absolute Gasteiger partial charge is 0.339 e. The van der Waals surface area contributed by atoms with Crippen molar-refractivity contribution >= 4 is 17.6 Å². The second kappa shape index (κ2) is 9.22. The van der Waals surface area contributed by atoms with E-state index in [2.05, 4.69) is 6.92 Å². The number of halogens is 1. The van der Waals surface area contributed by atoms with Crippen molar-refractivity contribution in [2.24, 2.45) is 0 Å². The van der Waals surface area contributed by atoms with E-state index in [1.165, 1.54) is 0 Å². The van der Waals surface area contributed by atoms with E-state index in [4.69, 9.17) is 16.3 Å². The maximum absolute atomic E-state index is 11.6. The molecule has 0 aromatic heterocycles. The van der Waals surface area contributed by atoms with E-state index in [1.54, 1.807) is 19.1 Å². The highest BCUT2D eigenvalue weighted by atomic mass is 35.5. The fraction of sp³-hybridized carbons (Fsp3) is 0.462. The summed E-state index contributed by atoms with van der Waals surface area (Å²) in [5, 5.41) is 0.457. The van der Waals surface area contributed by atoms with E-state index in [9.17, 15) is 4.79 Å². The summed E-state index contributed by atoms with van der Waals surface area (Å²) in [7, 11) is 0. The molecule has 0 aromatic rings. The molecule has 2 nitrogen and oxygen atoms in total. The van der Waals surface area contributed by atoms with Crippen molar-refractivity contribution in [3.63, 3.8) is 0 Å². The average Bonchev–Trinajstić information content (AvgIpc) is 2.27. The lowest BCUT2D eigenvalue weighted by molar-refractivity contribution is -0.138. The third-order valence-electron chi connectivity index (χ3n) is 1.82. The third kappa shape index (κ3) is 5.76. The Morgan fingerprint density at radius 1 is 1.38 bits per heavy atom. The van der Waals surface area contributed by atoms with E-state index >= 15 is 0 Å². The minimum atomic E-state index is -0.377. The van der Waals surface area contributed by atoms with Crippen molar-refractivity contribution in [1.82, 2.24) is 0 Å². The number of rotatable bonds is 6. The van der Waals surface area contributed by atoms with Crippen LogP contribution in [-0.4, -0.2) is 12.6 Å². The molecule has 90 valence electrons. The first-order valence-electron chi connectivity index (χ1n) is 5.53. The maximum Gasteiger partial charge on any atom is 0.339 e. The van der Waals surface area contributed by atoms with Gasteiger partial charge < -0.3 is 4.74 Å². The van der Waals surface area contributed by atoms with Gasteiger partial charge in [0.25, 0.3) is 0 Å². The van der Waals surface area contributed by atoms with Crippen LogP contribution in [-0.2, 0) is 9.53 Å². The molecule has 0 atom stereocenters. The SMILES string of the molecule is C\C=C/C=C(C(=O)OCC)\C(Cl)=C\CCC. The molecule has 0 aliphatic rings. The summed E-state index contributed by atoms with van der Waals surface area (Å²) in [5.74, 6) is -0.377. The van der Waals surface area contributed by atoms with E-state index in [0.29, 0.717) is 17.2 Å². The van der Waals surface area contributed by atoms with Crippen molar-refractivity contribution in [3.8, 4) is 0 Å². The number of carbonyl (C=O) groups is 1. The molecule has 0 saturated carbocycles. The Labute approximate surface area is 103 Å². The van der Waals surface area contributed by atoms with Gasteiger partial charge in [-0.2, -0.15) is 0 Å². The van der Waals surface area contributed by atoms with Gasteiger partial charge in [-0.3, -0.25) is 0 Å². The zero-order chi connectivity index (χ0) is 12.4. The van der Waals surface area contributed by atoms with Crippen molar-refractivity contribution < 1.29 is 9.53 Å². The molecular formula is C13H19ClO2. The molecule has 0 radical (unpaired) electrons. The second-order valence-electron chi connectivity index (χ2n) is 3.17. The Morgan fingerprint density at radius 2 is 2.06 bits per heavy atom. The lowest BCUT2D eigenvalue weighted by Gasteiger charge is -2.05. The lowest BCUT2D eigenvalue weighted by Crippen LogP contribution is -2.07. The molecule has 0 rings (SSSR count). The number of carbonyl (C=O) groups excluding carboxylic acids is 1. The predicted molar refractivity (Wildman–Crippen MR) is 68.4 cm³/mol. The summed E-state index contributed by atoms with van der Waals surface area (Å²) in [6.45, 7) is 6.06. The lowest BCUT2D eigenvalue weighted by atomic mass is 10.2. The molecule has 0 bridgehead atoms. The zero-order valence-electron chi connectivity index (χ0n) is 10.1. The van der Waals surface area contributed by atoms with Crippen molar-refractivity contribution in [1.29, 1.82) is 0 Å². The van der Waals surface area contributed by atoms with E-state index in [0.717, 1.165) is 12.8 Å². The van der Waals surface area contributed by atoms with Crippen molar-refractivity contribution in [2.45, 2.75) is 33.6 Å². The monoisotopic (exact) mass is 242 g/mol. The van der Waals surface area contributed by atoms with Gasteiger partial charge in [0, 0.05) is 0 Å². The molecule has 3 heteroatoms. The van der Waals surface area contributed by atoms with E-state index < -0.39 is 0 Å². The van der Waals surface area contributed by atoms with Gasteiger partial charge in [-0.25, -0.2) is 4.79 Å². The molecule has 0 heterocycles. The topological polar surface area (TPSA) is 26.3 Å². The standard InChI is InChI=1S/C13H19ClO2/c1-4-7-9-11(13(15)16-6-3)12(14)10-8-5-2/h4,7,9-10H,5-6,8H2,1-3H3/b7-4-,11-9+,12-10-. The first-order valence-corrected chi connectivity index (χ1v) is 5.91. The van der Waals surface area contributed by atoms with Crippen LogP contribution < -0.4 is 0 Å². The van der Waals surface area contributed by atoms with Crippen LogP contribution in [0.25, 0.3) is 0 Å². The molecule has 16 heavy (non-hydrogen) atoms. The van der Waals surface area contributed by atoms with Crippen LogP contribution in [0.5, 0.6) is 0 Å². The Morgan fingerprint density at radius 3 is 2.56 bits per heavy atom. The second-order valence-corrected chi connectivity index (χ2v) is 3.57. The van der Waals surface area contributed by atoms with Crippen molar-refractivity contribution in [2.75, 3.05) is 6.61 Å². The van der Waals surface area contributed by atoms with Gasteiger partial charge in [0.15, 0.2) is 0 Å². The molecule has 0 aromatic carbocycles. The number of hydrogen-bond acceptors (Lipinski definition) is 2. The van der Waals surface area contributed by atoms with Gasteiger partial charge in [0.1, 0.15) is 0 Å². The zero-order valence-corrected chi connectivity index (χ0v) is 10.9. The molecule has 0 N–H and O–H groups in total. The maximum atomic E-state index is 11.6. The molecule has 0 saturated heterocycles. The van der Waals surface area contributed by atoms with Crippen LogP contribution in [0.1, 0.15) is 33.6 Å². The number of ether oxygens (including phenoxy) is 1. The Kier molecular flexibility index (Phi) is 8.64. The highest BCUT2D eigenvalue weighted by Gasteiger charge is 2.12. The summed E-state index contributed by atoms with van der Waals surface area (Å²) in [6, 6.07) is 0. The first-order chi connectivity index (χ1) is 7.67. The molecule has 0 aliphatic carbocycles. The Balaban J connectivity index is 4.86. The van der Waals surface area contributed by atoms with Crippen LogP contribution in [0.15, 0.2) is 34.9 Å². The fourth-order valence-corrected chi connectivity index (χ4v) is 1.28. The number of esters is 1. The van der Waals surface area contributed by atoms with Crippen LogP contribution in [0.4, 0.5) is 0 Å². The van der Waals surface area contributed by atoms with Gasteiger partial charge >= 0.3 is 5.97 Å². The Hall–Kier alpha value is -1.02. The molecule has 0 aliphatic heterocycles. The highest BCUT2D eigenvalue weighted by Crippen LogP contribution is 2.18. The summed E-state index contributed by atoms with van der Waals surface area (Å²) in [5.41, 5.74) is 0.412. The molecular weight excluding hydrogens is 224 g/mol. The van der Waals surface area contributed by atoms with E-state index in [1.807, 2.05) is 19.1 Å². The number of unbranched alkanes of at least 4 members (excludes halogenated alkanes) is 1. The Bertz CT molecular complexity index is 301. The summed E-state index contributed by atoms with van der Waals surface area (Å²) < 4.78 is 4.94. The van der Waals surface area contributed by atoms with Gasteiger partial charge in [0.2, 0.25) is 0 Å². The summed E-state index contributed by atoms with van der Waals surface area (Å²) >= 11 is 6.05. The minimum absolute atomic E-state index is 0.351. The molecule has 0 spiro atoms. The molecule has 0 unspecified atom stereocenters. The van der Waals surface area contributed by atoms with Crippen LogP contribution in [0.3, 0.4) is 0 Å². The summed E-state index contributed by atoms with van der Waals surface area (Å²) in [4.78, 5) is 11.6. The minimum Gasteiger partial charge on any atom is -0.462 e. The van der Waals surface area contributed by atoms with E-state index in [-0.39, 0.29) is 5.97 Å². The van der Waals surface area contributed by atoms with Crippen LogP contribution in [0.2, 0.25) is 0 Å². The molecule has 0 fully saturated rings. The fourth-order valence-electron chi connectivity index (χ4n) is 1.03. The number of hydrogen-bond donors (Lipinski definition) is 0. The quantitative estimate of drug-likeness (QED) is 0.400. The van der Waals surface area contributed by atoms with Gasteiger partial charge in [-0.1, -0.05) is 43.2 Å². The van der Waals surface area contributed by atoms with Crippen molar-refractivity contribution in [3.05, 3.63) is 34.9 Å². The van der Waals surface area contributed by atoms with Gasteiger partial charge in [-0.15, -0.1) is 0 Å². The van der Waals surface area contributed by atoms with Gasteiger partial charge in [0.05, 0.1) is 17.2 Å². The van der Waals surface area contributed by atoms with Crippen LogP contribution in [0, 0.1) is 0 Å². The first kappa shape index (κ1) is 15.0. The highest BCUT2D eigenvalue weighted by molar-refractivity contribution is 6.35. The van der Waals surface area contributed by atoms with Gasteiger partial charge in [-0.05, 0) is 26.3 Å². The normalized spacial score (nSPS) is 13.2. The average molecular weight is 243 g/mol.